The van der Waals surface area contributed by atoms with Gasteiger partial charge in [0.25, 0.3) is 0 Å². The molecule has 0 aliphatic rings. The second kappa shape index (κ2) is 7.21. The number of nitrogens with two attached hydrogens (primary N) is 1. The molecule has 124 valence electrons. The Balaban J connectivity index is 1.90. The Morgan fingerprint density at radius 2 is 1.91 bits per heavy atom. The van der Waals surface area contributed by atoms with Gasteiger partial charge in [-0.05, 0) is 32.9 Å². The molecule has 1 unspecified atom stereocenters. The molecule has 1 heterocycles. The Labute approximate surface area is 135 Å². The van der Waals surface area contributed by atoms with E-state index in [1.807, 2.05) is 37.3 Å². The van der Waals surface area contributed by atoms with E-state index in [0.717, 1.165) is 12.2 Å². The number of nitrogen functional groups attached to an aromatic ring is 1. The molecule has 1 aromatic carbocycles. The Bertz CT molecular complexity index is 630. The summed E-state index contributed by atoms with van der Waals surface area (Å²) in [5.74, 6) is 1.10. The number of para-hydroxylation sites is 1. The molecule has 0 amide bonds. The predicted molar refractivity (Wildman–Crippen MR) is 88.0 cm³/mol. The van der Waals surface area contributed by atoms with Crippen LogP contribution in [-0.4, -0.2) is 27.6 Å². The topological polar surface area (TPSA) is 86.0 Å². The van der Waals surface area contributed by atoms with Crippen molar-refractivity contribution < 1.29 is 9.13 Å². The van der Waals surface area contributed by atoms with Gasteiger partial charge in [0, 0.05) is 12.5 Å². The number of nitrogens with one attached hydrogen (secondary N) is 1. The van der Waals surface area contributed by atoms with Crippen molar-refractivity contribution in [2.75, 3.05) is 17.7 Å². The van der Waals surface area contributed by atoms with E-state index in [1.165, 1.54) is 13.8 Å². The first-order valence-electron chi connectivity index (χ1n) is 7.50. The molecule has 0 spiro atoms. The third-order valence-corrected chi connectivity index (χ3v) is 3.12. The van der Waals surface area contributed by atoms with Crippen molar-refractivity contribution in [3.05, 3.63) is 36.2 Å². The minimum absolute atomic E-state index is 0.00374. The molecule has 2 rings (SSSR count). The fourth-order valence-corrected chi connectivity index (χ4v) is 1.89. The summed E-state index contributed by atoms with van der Waals surface area (Å²) in [4.78, 5) is 11.9. The smallest absolute Gasteiger partial charge is 0.228 e. The first-order chi connectivity index (χ1) is 10.8. The maximum absolute atomic E-state index is 14.0. The highest BCUT2D eigenvalue weighted by atomic mass is 19.1. The molecular weight excluding hydrogens is 297 g/mol. The zero-order chi connectivity index (χ0) is 16.9. The summed E-state index contributed by atoms with van der Waals surface area (Å²) >= 11 is 0. The Morgan fingerprint density at radius 3 is 2.57 bits per heavy atom. The first-order valence-corrected chi connectivity index (χ1v) is 7.50. The van der Waals surface area contributed by atoms with E-state index >= 15 is 0 Å². The van der Waals surface area contributed by atoms with E-state index in [2.05, 4.69) is 20.3 Å². The molecule has 1 atom stereocenters. The number of alkyl halides is 1. The van der Waals surface area contributed by atoms with Crippen LogP contribution in [0.4, 0.5) is 16.3 Å². The SMILES string of the molecule is CC(CCOc1ccccc1)Nc1nc(N)nc(C(C)(C)F)n1. The monoisotopic (exact) mass is 319 g/mol. The van der Waals surface area contributed by atoms with Gasteiger partial charge < -0.3 is 15.8 Å². The van der Waals surface area contributed by atoms with Gasteiger partial charge in [0.2, 0.25) is 11.9 Å². The molecule has 6 nitrogen and oxygen atoms in total. The summed E-state index contributed by atoms with van der Waals surface area (Å²) in [7, 11) is 0. The molecule has 2 aromatic rings. The van der Waals surface area contributed by atoms with Crippen LogP contribution in [0, 0.1) is 0 Å². The van der Waals surface area contributed by atoms with E-state index in [9.17, 15) is 4.39 Å². The number of benzene rings is 1. The van der Waals surface area contributed by atoms with Gasteiger partial charge in [0.1, 0.15) is 5.75 Å². The molecule has 0 saturated heterocycles. The lowest BCUT2D eigenvalue weighted by Crippen LogP contribution is -2.23. The van der Waals surface area contributed by atoms with Crippen LogP contribution in [0.25, 0.3) is 0 Å². The second-order valence-electron chi connectivity index (χ2n) is 5.81. The Morgan fingerprint density at radius 1 is 1.22 bits per heavy atom. The van der Waals surface area contributed by atoms with Crippen molar-refractivity contribution in [1.82, 2.24) is 15.0 Å². The molecule has 1 aromatic heterocycles. The van der Waals surface area contributed by atoms with Gasteiger partial charge in [0.05, 0.1) is 6.61 Å². The zero-order valence-corrected chi connectivity index (χ0v) is 13.6. The van der Waals surface area contributed by atoms with Crippen LogP contribution in [-0.2, 0) is 5.67 Å². The quantitative estimate of drug-likeness (QED) is 0.816. The molecule has 0 radical (unpaired) electrons. The molecule has 3 N–H and O–H groups in total. The van der Waals surface area contributed by atoms with Crippen LogP contribution in [0.1, 0.15) is 33.0 Å². The lowest BCUT2D eigenvalue weighted by Gasteiger charge is -2.17. The highest BCUT2D eigenvalue weighted by Gasteiger charge is 2.24. The molecular formula is C16H22FN5O. The van der Waals surface area contributed by atoms with Crippen LogP contribution in [0.15, 0.2) is 30.3 Å². The van der Waals surface area contributed by atoms with Gasteiger partial charge in [0.15, 0.2) is 11.5 Å². The number of hydrogen-bond acceptors (Lipinski definition) is 6. The third kappa shape index (κ3) is 5.36. The first kappa shape index (κ1) is 16.9. The summed E-state index contributed by atoms with van der Waals surface area (Å²) in [5.41, 5.74) is 3.94. The van der Waals surface area contributed by atoms with E-state index < -0.39 is 5.67 Å². The number of ether oxygens (including phenoxy) is 1. The summed E-state index contributed by atoms with van der Waals surface area (Å²) in [6.07, 6.45) is 0.731. The molecule has 7 heteroatoms. The van der Waals surface area contributed by atoms with Gasteiger partial charge in [-0.2, -0.15) is 15.0 Å². The van der Waals surface area contributed by atoms with Crippen molar-refractivity contribution in [3.63, 3.8) is 0 Å². The van der Waals surface area contributed by atoms with Gasteiger partial charge in [-0.3, -0.25) is 0 Å². The Kier molecular flexibility index (Phi) is 5.31. The number of nitrogens with zero attached hydrogens (tertiary/aromatic N) is 3. The number of hydrogen-bond donors (Lipinski definition) is 2. The summed E-state index contributed by atoms with van der Waals surface area (Å²) < 4.78 is 19.6. The predicted octanol–water partition coefficient (Wildman–Crippen LogP) is 2.93. The van der Waals surface area contributed by atoms with Gasteiger partial charge in [-0.1, -0.05) is 18.2 Å². The Hall–Kier alpha value is -2.44. The maximum atomic E-state index is 14.0. The molecule has 23 heavy (non-hydrogen) atoms. The fourth-order valence-electron chi connectivity index (χ4n) is 1.89. The summed E-state index contributed by atoms with van der Waals surface area (Å²) in [6.45, 7) is 5.26. The minimum atomic E-state index is -1.67. The third-order valence-electron chi connectivity index (χ3n) is 3.12. The van der Waals surface area contributed by atoms with E-state index in [-0.39, 0.29) is 23.8 Å². The van der Waals surface area contributed by atoms with Crippen LogP contribution >= 0.6 is 0 Å². The van der Waals surface area contributed by atoms with E-state index in [4.69, 9.17) is 10.5 Å². The summed E-state index contributed by atoms with van der Waals surface area (Å²) in [6, 6.07) is 9.62. The maximum Gasteiger partial charge on any atom is 0.228 e. The standard InChI is InChI=1S/C16H22FN5O/c1-11(9-10-23-12-7-5-4-6-8-12)19-15-21-13(16(2,3)17)20-14(18)22-15/h4-8,11H,9-10H2,1-3H3,(H3,18,19,20,21,22). The van der Waals surface area contributed by atoms with Crippen molar-refractivity contribution in [2.24, 2.45) is 0 Å². The molecule has 0 aliphatic carbocycles. The zero-order valence-electron chi connectivity index (χ0n) is 13.6. The number of anilines is 2. The molecule has 0 aliphatic heterocycles. The van der Waals surface area contributed by atoms with Gasteiger partial charge in [-0.25, -0.2) is 4.39 Å². The lowest BCUT2D eigenvalue weighted by atomic mass is 10.1. The lowest BCUT2D eigenvalue weighted by molar-refractivity contribution is 0.206. The second-order valence-corrected chi connectivity index (χ2v) is 5.81. The van der Waals surface area contributed by atoms with Crippen LogP contribution in [0.3, 0.4) is 0 Å². The minimum Gasteiger partial charge on any atom is -0.494 e. The fraction of sp³-hybridized carbons (Fsp3) is 0.438. The van der Waals surface area contributed by atoms with Crippen molar-refractivity contribution in [1.29, 1.82) is 0 Å². The normalized spacial score (nSPS) is 12.7. The molecule has 0 saturated carbocycles. The largest absolute Gasteiger partial charge is 0.494 e. The van der Waals surface area contributed by atoms with Crippen molar-refractivity contribution in [2.45, 2.75) is 38.9 Å². The van der Waals surface area contributed by atoms with Crippen molar-refractivity contribution in [3.8, 4) is 5.75 Å². The summed E-state index contributed by atoms with van der Waals surface area (Å²) in [5, 5.41) is 3.09. The van der Waals surface area contributed by atoms with Crippen LogP contribution in [0.2, 0.25) is 0 Å². The van der Waals surface area contributed by atoms with Gasteiger partial charge >= 0.3 is 0 Å². The van der Waals surface area contributed by atoms with E-state index in [0.29, 0.717) is 6.61 Å². The number of halogens is 1. The molecule has 0 bridgehead atoms. The highest BCUT2D eigenvalue weighted by Crippen LogP contribution is 2.22. The average molecular weight is 319 g/mol. The van der Waals surface area contributed by atoms with Crippen LogP contribution < -0.4 is 15.8 Å². The van der Waals surface area contributed by atoms with Gasteiger partial charge in [-0.15, -0.1) is 0 Å². The van der Waals surface area contributed by atoms with Crippen molar-refractivity contribution >= 4 is 11.9 Å². The number of aromatic nitrogens is 3. The highest BCUT2D eigenvalue weighted by molar-refractivity contribution is 5.33. The average Bonchev–Trinajstić information content (AvgIpc) is 2.47. The number of rotatable bonds is 7. The van der Waals surface area contributed by atoms with E-state index in [1.54, 1.807) is 0 Å². The molecule has 0 fully saturated rings. The van der Waals surface area contributed by atoms with Crippen LogP contribution in [0.5, 0.6) is 5.75 Å².